The smallest absolute Gasteiger partial charge is 0.234 e. The number of carbonyl (C=O) groups is 1. The van der Waals surface area contributed by atoms with Crippen molar-refractivity contribution >= 4 is 16.8 Å². The van der Waals surface area contributed by atoms with E-state index in [0.717, 1.165) is 25.7 Å². The van der Waals surface area contributed by atoms with Crippen LogP contribution in [0.1, 0.15) is 24.8 Å². The van der Waals surface area contributed by atoms with Crippen molar-refractivity contribution in [3.05, 3.63) is 36.0 Å². The molecule has 0 unspecified atom stereocenters. The fourth-order valence-corrected chi connectivity index (χ4v) is 3.80. The number of hydrogen-bond donors (Lipinski definition) is 2. The topological polar surface area (TPSA) is 57.5 Å². The van der Waals surface area contributed by atoms with E-state index in [1.165, 1.54) is 16.5 Å². The van der Waals surface area contributed by atoms with Gasteiger partial charge in [-0.25, -0.2) is 0 Å². The van der Waals surface area contributed by atoms with Crippen molar-refractivity contribution in [3.63, 3.8) is 0 Å². The molecule has 2 N–H and O–H groups in total. The summed E-state index contributed by atoms with van der Waals surface area (Å²) in [6, 6.07) is 8.45. The van der Waals surface area contributed by atoms with Crippen LogP contribution in [0.2, 0.25) is 0 Å². The lowest BCUT2D eigenvalue weighted by molar-refractivity contribution is -0.122. The second-order valence-corrected chi connectivity index (χ2v) is 6.86. The summed E-state index contributed by atoms with van der Waals surface area (Å²) in [5, 5.41) is 14.2. The summed E-state index contributed by atoms with van der Waals surface area (Å²) in [7, 11) is 3.97. The molecule has 5 nitrogen and oxygen atoms in total. The monoisotopic (exact) mass is 329 g/mol. The van der Waals surface area contributed by atoms with E-state index in [9.17, 15) is 9.90 Å². The van der Waals surface area contributed by atoms with E-state index in [-0.39, 0.29) is 18.1 Å². The minimum Gasteiger partial charge on any atom is -0.391 e. The molecule has 1 heterocycles. The lowest BCUT2D eigenvalue weighted by atomic mass is 10.1. The van der Waals surface area contributed by atoms with Crippen molar-refractivity contribution in [2.45, 2.75) is 37.8 Å². The Morgan fingerprint density at radius 1 is 1.38 bits per heavy atom. The number of likely N-dealkylation sites (N-methyl/N-ethyl adjacent to an activating group) is 1. The molecule has 1 aromatic carbocycles. The number of nitrogens with one attached hydrogen (secondary N) is 1. The largest absolute Gasteiger partial charge is 0.391 e. The summed E-state index contributed by atoms with van der Waals surface area (Å²) >= 11 is 0. The van der Waals surface area contributed by atoms with E-state index in [1.54, 1.807) is 0 Å². The third-order valence-electron chi connectivity index (χ3n) is 5.10. The Morgan fingerprint density at radius 3 is 2.92 bits per heavy atom. The zero-order valence-corrected chi connectivity index (χ0v) is 14.5. The number of hydrogen-bond acceptors (Lipinski definition) is 3. The molecule has 2 atom stereocenters. The first-order valence-electron chi connectivity index (χ1n) is 8.74. The number of rotatable bonds is 6. The number of nitrogens with zero attached hydrogens (tertiary/aromatic N) is 2. The van der Waals surface area contributed by atoms with Crippen LogP contribution in [0.5, 0.6) is 0 Å². The SMILES string of the molecule is CN(CC(=O)NCCc1cn(C)c2ccccc12)[C@@H]1CCC[C@H]1O. The molecule has 5 heteroatoms. The maximum atomic E-state index is 12.1. The molecule has 0 radical (unpaired) electrons. The van der Waals surface area contributed by atoms with Gasteiger partial charge >= 0.3 is 0 Å². The molecule has 1 saturated carbocycles. The van der Waals surface area contributed by atoms with Crippen LogP contribution in [-0.2, 0) is 18.3 Å². The van der Waals surface area contributed by atoms with Gasteiger partial charge in [0.15, 0.2) is 0 Å². The van der Waals surface area contributed by atoms with Crippen LogP contribution in [-0.4, -0.2) is 52.8 Å². The van der Waals surface area contributed by atoms with Gasteiger partial charge in [0.05, 0.1) is 12.6 Å². The van der Waals surface area contributed by atoms with Crippen LogP contribution < -0.4 is 5.32 Å². The Balaban J connectivity index is 1.49. The second-order valence-electron chi connectivity index (χ2n) is 6.86. The van der Waals surface area contributed by atoms with Crippen molar-refractivity contribution < 1.29 is 9.90 Å². The Hall–Kier alpha value is -1.85. The molecule has 1 aromatic heterocycles. The number of aromatic nitrogens is 1. The van der Waals surface area contributed by atoms with Crippen LogP contribution in [0, 0.1) is 0 Å². The van der Waals surface area contributed by atoms with Gasteiger partial charge in [-0.1, -0.05) is 18.2 Å². The second kappa shape index (κ2) is 7.36. The zero-order valence-electron chi connectivity index (χ0n) is 14.5. The molecule has 2 aromatic rings. The highest BCUT2D eigenvalue weighted by Gasteiger charge is 2.29. The first kappa shape index (κ1) is 17.0. The number of benzene rings is 1. The average Bonchev–Trinajstić information content (AvgIpc) is 3.12. The van der Waals surface area contributed by atoms with Crippen molar-refractivity contribution in [1.82, 2.24) is 14.8 Å². The average molecular weight is 329 g/mol. The Bertz CT molecular complexity index is 710. The van der Waals surface area contributed by atoms with Gasteiger partial charge in [-0.2, -0.15) is 0 Å². The Morgan fingerprint density at radius 2 is 2.17 bits per heavy atom. The van der Waals surface area contributed by atoms with E-state index in [0.29, 0.717) is 13.1 Å². The normalized spacial score (nSPS) is 20.8. The first-order chi connectivity index (χ1) is 11.6. The molecule has 0 bridgehead atoms. The van der Waals surface area contributed by atoms with Crippen molar-refractivity contribution in [2.24, 2.45) is 7.05 Å². The van der Waals surface area contributed by atoms with Crippen LogP contribution in [0.3, 0.4) is 0 Å². The molecule has 130 valence electrons. The summed E-state index contributed by atoms with van der Waals surface area (Å²) in [4.78, 5) is 14.1. The molecule has 1 fully saturated rings. The molecule has 1 aliphatic rings. The highest BCUT2D eigenvalue weighted by molar-refractivity contribution is 5.84. The van der Waals surface area contributed by atoms with Gasteiger partial charge in [0.2, 0.25) is 5.91 Å². The maximum Gasteiger partial charge on any atom is 0.234 e. The van der Waals surface area contributed by atoms with Gasteiger partial charge < -0.3 is 15.0 Å². The molecule has 1 aliphatic carbocycles. The zero-order chi connectivity index (χ0) is 17.1. The van der Waals surface area contributed by atoms with Crippen molar-refractivity contribution in [2.75, 3.05) is 20.1 Å². The van der Waals surface area contributed by atoms with Crippen LogP contribution in [0.4, 0.5) is 0 Å². The standard InChI is InChI=1S/C19H27N3O2/c1-21-12-14(15-6-3-4-7-16(15)21)10-11-20-19(24)13-22(2)17-8-5-9-18(17)23/h3-4,6-7,12,17-18,23H,5,8-11,13H2,1-2H3,(H,20,24)/t17-,18-/m1/s1. The summed E-state index contributed by atoms with van der Waals surface area (Å²) < 4.78 is 2.13. The Kier molecular flexibility index (Phi) is 5.21. The summed E-state index contributed by atoms with van der Waals surface area (Å²) in [5.74, 6) is 0.0248. The molecule has 24 heavy (non-hydrogen) atoms. The summed E-state index contributed by atoms with van der Waals surface area (Å²) in [6.45, 7) is 0.977. The molecular weight excluding hydrogens is 302 g/mol. The Labute approximate surface area is 143 Å². The van der Waals surface area contributed by atoms with E-state index in [4.69, 9.17) is 0 Å². The van der Waals surface area contributed by atoms with E-state index < -0.39 is 0 Å². The third kappa shape index (κ3) is 3.62. The van der Waals surface area contributed by atoms with Crippen LogP contribution in [0.25, 0.3) is 10.9 Å². The minimum absolute atomic E-state index is 0.0248. The van der Waals surface area contributed by atoms with Gasteiger partial charge in [-0.05, 0) is 44.4 Å². The quantitative estimate of drug-likeness (QED) is 0.848. The summed E-state index contributed by atoms with van der Waals surface area (Å²) in [5.41, 5.74) is 2.47. The van der Waals surface area contributed by atoms with Crippen LogP contribution >= 0.6 is 0 Å². The van der Waals surface area contributed by atoms with Crippen molar-refractivity contribution in [3.8, 4) is 0 Å². The fraction of sp³-hybridized carbons (Fsp3) is 0.526. The van der Waals surface area contributed by atoms with E-state index in [2.05, 4.69) is 28.2 Å². The number of aliphatic hydroxyl groups is 1. The molecule has 1 amide bonds. The molecule has 0 spiro atoms. The summed E-state index contributed by atoms with van der Waals surface area (Å²) in [6.07, 6.45) is 5.52. The van der Waals surface area contributed by atoms with Gasteiger partial charge in [0.25, 0.3) is 0 Å². The van der Waals surface area contributed by atoms with Gasteiger partial charge in [-0.3, -0.25) is 9.69 Å². The number of fused-ring (bicyclic) bond motifs is 1. The third-order valence-corrected chi connectivity index (χ3v) is 5.10. The van der Waals surface area contributed by atoms with Gasteiger partial charge in [0.1, 0.15) is 0 Å². The van der Waals surface area contributed by atoms with E-state index >= 15 is 0 Å². The predicted molar refractivity (Wildman–Crippen MR) is 95.9 cm³/mol. The predicted octanol–water partition coefficient (Wildman–Crippen LogP) is 1.68. The number of amides is 1. The highest BCUT2D eigenvalue weighted by Crippen LogP contribution is 2.23. The van der Waals surface area contributed by atoms with Crippen molar-refractivity contribution in [1.29, 1.82) is 0 Å². The van der Waals surface area contributed by atoms with Gasteiger partial charge in [-0.15, -0.1) is 0 Å². The number of aryl methyl sites for hydroxylation is 1. The molecule has 0 saturated heterocycles. The number of carbonyl (C=O) groups excluding carboxylic acids is 1. The molecule has 3 rings (SSSR count). The number of para-hydroxylation sites is 1. The van der Waals surface area contributed by atoms with Gasteiger partial charge in [0, 0.05) is 36.7 Å². The maximum absolute atomic E-state index is 12.1. The lowest BCUT2D eigenvalue weighted by Crippen LogP contribution is -2.44. The molecular formula is C19H27N3O2. The van der Waals surface area contributed by atoms with Crippen LogP contribution in [0.15, 0.2) is 30.5 Å². The highest BCUT2D eigenvalue weighted by atomic mass is 16.3. The molecule has 0 aliphatic heterocycles. The first-order valence-corrected chi connectivity index (χ1v) is 8.74. The van der Waals surface area contributed by atoms with E-state index in [1.807, 2.05) is 31.1 Å². The number of aliphatic hydroxyl groups excluding tert-OH is 1. The fourth-order valence-electron chi connectivity index (χ4n) is 3.80. The minimum atomic E-state index is -0.293. The lowest BCUT2D eigenvalue weighted by Gasteiger charge is -2.26.